The number of likely N-dealkylation sites (tertiary alicyclic amines) is 1. The first-order chi connectivity index (χ1) is 15.1. The standard InChI is InChI=1S/C23H23N3O4S/c1-29-19-9-7-17(8-10-19)25-22(27)21-6-3-11-26(21)23(28)16-4-2-5-20(12-16)30-13-18-14-31-15-24-18/h2,4-5,7-10,12,14-15,21H,3,6,11,13H2,1H3,(H,25,27). The van der Waals surface area contributed by atoms with Crippen molar-refractivity contribution in [1.29, 1.82) is 0 Å². The monoisotopic (exact) mass is 437 g/mol. The predicted octanol–water partition coefficient (Wildman–Crippen LogP) is 3.97. The van der Waals surface area contributed by atoms with Gasteiger partial charge in [-0.1, -0.05) is 6.07 Å². The number of hydrogen-bond acceptors (Lipinski definition) is 6. The van der Waals surface area contributed by atoms with Crippen molar-refractivity contribution in [1.82, 2.24) is 9.88 Å². The Labute approximate surface area is 184 Å². The molecule has 0 spiro atoms. The maximum absolute atomic E-state index is 13.1. The fourth-order valence-corrected chi connectivity index (χ4v) is 4.08. The predicted molar refractivity (Wildman–Crippen MR) is 119 cm³/mol. The largest absolute Gasteiger partial charge is 0.497 e. The molecule has 2 heterocycles. The van der Waals surface area contributed by atoms with Gasteiger partial charge in [0.2, 0.25) is 5.91 Å². The molecular formula is C23H23N3O4S. The number of nitrogens with zero attached hydrogens (tertiary/aromatic N) is 2. The Morgan fingerprint density at radius 1 is 1.19 bits per heavy atom. The maximum Gasteiger partial charge on any atom is 0.254 e. The van der Waals surface area contributed by atoms with Crippen LogP contribution in [0.2, 0.25) is 0 Å². The van der Waals surface area contributed by atoms with E-state index < -0.39 is 6.04 Å². The second kappa shape index (κ2) is 9.61. The number of hydrogen-bond donors (Lipinski definition) is 1. The van der Waals surface area contributed by atoms with Crippen LogP contribution in [0.4, 0.5) is 5.69 Å². The van der Waals surface area contributed by atoms with Gasteiger partial charge in [0.25, 0.3) is 5.91 Å². The lowest BCUT2D eigenvalue weighted by Crippen LogP contribution is -2.43. The smallest absolute Gasteiger partial charge is 0.254 e. The van der Waals surface area contributed by atoms with Gasteiger partial charge in [0.1, 0.15) is 24.1 Å². The molecule has 160 valence electrons. The molecule has 1 aromatic heterocycles. The molecule has 1 saturated heterocycles. The molecule has 1 aliphatic rings. The second-order valence-electron chi connectivity index (χ2n) is 7.17. The number of benzene rings is 2. The van der Waals surface area contributed by atoms with E-state index in [2.05, 4.69) is 10.3 Å². The Bertz CT molecular complexity index is 1040. The number of thiazole rings is 1. The average Bonchev–Trinajstić information content (AvgIpc) is 3.50. The van der Waals surface area contributed by atoms with E-state index in [0.29, 0.717) is 42.3 Å². The Morgan fingerprint density at radius 2 is 2.03 bits per heavy atom. The molecule has 7 nitrogen and oxygen atoms in total. The number of aromatic nitrogens is 1. The third kappa shape index (κ3) is 5.03. The van der Waals surface area contributed by atoms with E-state index in [4.69, 9.17) is 9.47 Å². The SMILES string of the molecule is COc1ccc(NC(=O)C2CCCN2C(=O)c2cccc(OCc3cscn3)c2)cc1. The summed E-state index contributed by atoms with van der Waals surface area (Å²) in [5.41, 5.74) is 3.77. The van der Waals surface area contributed by atoms with Crippen molar-refractivity contribution < 1.29 is 19.1 Å². The summed E-state index contributed by atoms with van der Waals surface area (Å²) in [6.45, 7) is 0.890. The highest BCUT2D eigenvalue weighted by Crippen LogP contribution is 2.24. The minimum atomic E-state index is -0.505. The Kier molecular flexibility index (Phi) is 6.47. The van der Waals surface area contributed by atoms with Crippen molar-refractivity contribution in [2.24, 2.45) is 0 Å². The highest BCUT2D eigenvalue weighted by molar-refractivity contribution is 7.07. The minimum absolute atomic E-state index is 0.175. The van der Waals surface area contributed by atoms with Gasteiger partial charge in [-0.25, -0.2) is 4.98 Å². The quantitative estimate of drug-likeness (QED) is 0.605. The number of amides is 2. The molecular weight excluding hydrogens is 414 g/mol. The normalized spacial score (nSPS) is 15.5. The van der Waals surface area contributed by atoms with E-state index in [1.165, 1.54) is 11.3 Å². The molecule has 1 unspecified atom stereocenters. The van der Waals surface area contributed by atoms with Gasteiger partial charge in [0.05, 0.1) is 18.3 Å². The van der Waals surface area contributed by atoms with Crippen molar-refractivity contribution in [2.45, 2.75) is 25.5 Å². The summed E-state index contributed by atoms with van der Waals surface area (Å²) in [5.74, 6) is 0.947. The maximum atomic E-state index is 13.1. The van der Waals surface area contributed by atoms with E-state index in [1.54, 1.807) is 66.1 Å². The number of ether oxygens (including phenoxy) is 2. The van der Waals surface area contributed by atoms with Crippen LogP contribution in [0.3, 0.4) is 0 Å². The van der Waals surface area contributed by atoms with Crippen LogP contribution in [0.25, 0.3) is 0 Å². The third-order valence-corrected chi connectivity index (χ3v) is 5.76. The molecule has 4 rings (SSSR count). The summed E-state index contributed by atoms with van der Waals surface area (Å²) in [6.07, 6.45) is 1.42. The molecule has 1 N–H and O–H groups in total. The molecule has 0 radical (unpaired) electrons. The van der Waals surface area contributed by atoms with Crippen LogP contribution in [0, 0.1) is 0 Å². The zero-order valence-electron chi connectivity index (χ0n) is 17.1. The molecule has 1 aliphatic heterocycles. The zero-order chi connectivity index (χ0) is 21.6. The lowest BCUT2D eigenvalue weighted by Gasteiger charge is -2.24. The van der Waals surface area contributed by atoms with E-state index >= 15 is 0 Å². The summed E-state index contributed by atoms with van der Waals surface area (Å²) in [7, 11) is 1.59. The van der Waals surface area contributed by atoms with E-state index in [0.717, 1.165) is 12.1 Å². The van der Waals surface area contributed by atoms with Gasteiger partial charge in [0, 0.05) is 23.2 Å². The van der Waals surface area contributed by atoms with Crippen molar-refractivity contribution in [2.75, 3.05) is 19.0 Å². The molecule has 3 aromatic rings. The summed E-state index contributed by atoms with van der Waals surface area (Å²) < 4.78 is 10.9. The van der Waals surface area contributed by atoms with Crippen LogP contribution in [0.1, 0.15) is 28.9 Å². The van der Waals surface area contributed by atoms with Gasteiger partial charge in [0.15, 0.2) is 0 Å². The molecule has 0 saturated carbocycles. The Hall–Kier alpha value is -3.39. The second-order valence-corrected chi connectivity index (χ2v) is 7.89. The van der Waals surface area contributed by atoms with Crippen molar-refractivity contribution in [3.05, 3.63) is 70.7 Å². The summed E-state index contributed by atoms with van der Waals surface area (Å²) in [5, 5.41) is 4.82. The van der Waals surface area contributed by atoms with E-state index in [9.17, 15) is 9.59 Å². The highest BCUT2D eigenvalue weighted by Gasteiger charge is 2.34. The number of rotatable bonds is 7. The highest BCUT2D eigenvalue weighted by atomic mass is 32.1. The fraction of sp³-hybridized carbons (Fsp3) is 0.261. The minimum Gasteiger partial charge on any atom is -0.497 e. The number of methoxy groups -OCH3 is 1. The lowest BCUT2D eigenvalue weighted by atomic mass is 10.1. The van der Waals surface area contributed by atoms with Crippen LogP contribution >= 0.6 is 11.3 Å². The number of nitrogens with one attached hydrogen (secondary N) is 1. The van der Waals surface area contributed by atoms with Crippen LogP contribution in [-0.2, 0) is 11.4 Å². The van der Waals surface area contributed by atoms with Gasteiger partial charge in [-0.3, -0.25) is 9.59 Å². The number of carbonyl (C=O) groups is 2. The first-order valence-electron chi connectivity index (χ1n) is 10.00. The summed E-state index contributed by atoms with van der Waals surface area (Å²) in [4.78, 5) is 31.8. The first kappa shape index (κ1) is 20.9. The van der Waals surface area contributed by atoms with Crippen LogP contribution in [0.15, 0.2) is 59.4 Å². The molecule has 0 bridgehead atoms. The molecule has 8 heteroatoms. The van der Waals surface area contributed by atoms with Crippen molar-refractivity contribution in [3.63, 3.8) is 0 Å². The molecule has 0 aliphatic carbocycles. The Morgan fingerprint density at radius 3 is 2.77 bits per heavy atom. The molecule has 2 amide bonds. The van der Waals surface area contributed by atoms with E-state index in [1.807, 2.05) is 5.38 Å². The van der Waals surface area contributed by atoms with Crippen LogP contribution in [0.5, 0.6) is 11.5 Å². The first-order valence-corrected chi connectivity index (χ1v) is 10.9. The van der Waals surface area contributed by atoms with Gasteiger partial charge in [-0.2, -0.15) is 0 Å². The number of carbonyl (C=O) groups excluding carboxylic acids is 2. The topological polar surface area (TPSA) is 80.8 Å². The summed E-state index contributed by atoms with van der Waals surface area (Å²) >= 11 is 1.51. The third-order valence-electron chi connectivity index (χ3n) is 5.13. The number of anilines is 1. The van der Waals surface area contributed by atoms with Gasteiger partial charge in [-0.15, -0.1) is 11.3 Å². The zero-order valence-corrected chi connectivity index (χ0v) is 17.9. The van der Waals surface area contributed by atoms with Crippen LogP contribution < -0.4 is 14.8 Å². The summed E-state index contributed by atoms with van der Waals surface area (Å²) in [6, 6.07) is 13.7. The van der Waals surface area contributed by atoms with Gasteiger partial charge < -0.3 is 19.7 Å². The van der Waals surface area contributed by atoms with E-state index in [-0.39, 0.29) is 11.8 Å². The molecule has 31 heavy (non-hydrogen) atoms. The fourth-order valence-electron chi connectivity index (χ4n) is 3.53. The average molecular weight is 438 g/mol. The van der Waals surface area contributed by atoms with Crippen molar-refractivity contribution in [3.8, 4) is 11.5 Å². The lowest BCUT2D eigenvalue weighted by molar-refractivity contribution is -0.119. The molecule has 1 atom stereocenters. The van der Waals surface area contributed by atoms with Gasteiger partial charge >= 0.3 is 0 Å². The van der Waals surface area contributed by atoms with Crippen LogP contribution in [-0.4, -0.2) is 41.4 Å². The molecule has 1 fully saturated rings. The van der Waals surface area contributed by atoms with Crippen molar-refractivity contribution >= 4 is 28.8 Å². The Balaban J connectivity index is 1.42. The van der Waals surface area contributed by atoms with Gasteiger partial charge in [-0.05, 0) is 55.3 Å². The molecule has 2 aromatic carbocycles.